The zero-order valence-corrected chi connectivity index (χ0v) is 17.3. The van der Waals surface area contributed by atoms with E-state index in [9.17, 15) is 0 Å². The predicted octanol–water partition coefficient (Wildman–Crippen LogP) is 6.17. The number of rotatable bonds is 6. The highest BCUT2D eigenvalue weighted by Crippen LogP contribution is 2.32. The van der Waals surface area contributed by atoms with Crippen LogP contribution in [0.3, 0.4) is 0 Å². The fourth-order valence-electron chi connectivity index (χ4n) is 2.23. The molecule has 0 unspecified atom stereocenters. The van der Waals surface area contributed by atoms with Gasteiger partial charge in [-0.2, -0.15) is 5.10 Å². The van der Waals surface area contributed by atoms with Crippen LogP contribution < -0.4 is 0 Å². The van der Waals surface area contributed by atoms with Gasteiger partial charge in [-0.05, 0) is 30.3 Å². The standard InChI is InChI=1S/C17H11Cl5N4O/c18-10-1-2-11(15(21)5-10)16(6-26-9-23-8-24-26)25-27-7-12-13(19)3-4-14(20)17(12)22/h1-5,8-9H,6-7H2. The fraction of sp³-hybridized carbons (Fsp3) is 0.118. The minimum atomic E-state index is 0.0320. The molecule has 0 N–H and O–H groups in total. The number of aromatic nitrogens is 3. The van der Waals surface area contributed by atoms with Gasteiger partial charge in [0.1, 0.15) is 25.0 Å². The molecule has 0 aliphatic rings. The van der Waals surface area contributed by atoms with Crippen molar-refractivity contribution in [2.24, 2.45) is 5.16 Å². The molecule has 0 bridgehead atoms. The molecule has 0 saturated carbocycles. The molecule has 3 rings (SSSR count). The van der Waals surface area contributed by atoms with Crippen LogP contribution in [0.2, 0.25) is 25.1 Å². The summed E-state index contributed by atoms with van der Waals surface area (Å²) in [5.41, 5.74) is 1.72. The number of oxime groups is 1. The lowest BCUT2D eigenvalue weighted by Gasteiger charge is -2.11. The number of nitrogens with zero attached hydrogens (tertiary/aromatic N) is 4. The van der Waals surface area contributed by atoms with Crippen LogP contribution in [0.15, 0.2) is 48.1 Å². The number of hydrogen-bond acceptors (Lipinski definition) is 4. The maximum atomic E-state index is 6.31. The van der Waals surface area contributed by atoms with Crippen molar-refractivity contribution in [3.8, 4) is 0 Å². The van der Waals surface area contributed by atoms with E-state index in [-0.39, 0.29) is 6.61 Å². The van der Waals surface area contributed by atoms with Crippen LogP contribution in [0.5, 0.6) is 0 Å². The van der Waals surface area contributed by atoms with Gasteiger partial charge in [0.25, 0.3) is 0 Å². The second-order valence-corrected chi connectivity index (χ2v) is 7.39. The maximum absolute atomic E-state index is 6.31. The van der Waals surface area contributed by atoms with E-state index in [1.54, 1.807) is 41.3 Å². The van der Waals surface area contributed by atoms with Crippen molar-refractivity contribution in [1.82, 2.24) is 14.8 Å². The van der Waals surface area contributed by atoms with Gasteiger partial charge in [0.05, 0.1) is 21.6 Å². The molecule has 0 aliphatic heterocycles. The van der Waals surface area contributed by atoms with E-state index in [0.717, 1.165) is 0 Å². The molecule has 10 heteroatoms. The first-order valence-corrected chi connectivity index (χ1v) is 9.43. The first-order chi connectivity index (χ1) is 13.0. The van der Waals surface area contributed by atoms with Crippen molar-refractivity contribution >= 4 is 63.7 Å². The summed E-state index contributed by atoms with van der Waals surface area (Å²) in [6.45, 7) is 0.322. The summed E-state index contributed by atoms with van der Waals surface area (Å²) < 4.78 is 1.59. The van der Waals surface area contributed by atoms with Gasteiger partial charge in [-0.1, -0.05) is 63.2 Å². The van der Waals surface area contributed by atoms with Gasteiger partial charge in [0, 0.05) is 21.2 Å². The molecule has 1 heterocycles. The Hall–Kier alpha value is -1.50. The van der Waals surface area contributed by atoms with Crippen LogP contribution in [-0.4, -0.2) is 20.5 Å². The Morgan fingerprint density at radius 1 is 1.00 bits per heavy atom. The lowest BCUT2D eigenvalue weighted by atomic mass is 10.1. The summed E-state index contributed by atoms with van der Waals surface area (Å²) in [5, 5.41) is 10.4. The van der Waals surface area contributed by atoms with Gasteiger partial charge in [-0.25, -0.2) is 9.67 Å². The minimum Gasteiger partial charge on any atom is -0.391 e. The third-order valence-corrected chi connectivity index (χ3v) is 5.29. The van der Waals surface area contributed by atoms with Gasteiger partial charge in [-0.15, -0.1) is 0 Å². The van der Waals surface area contributed by atoms with Gasteiger partial charge >= 0.3 is 0 Å². The van der Waals surface area contributed by atoms with E-state index >= 15 is 0 Å². The highest BCUT2D eigenvalue weighted by Gasteiger charge is 2.13. The van der Waals surface area contributed by atoms with Gasteiger partial charge in [0.15, 0.2) is 0 Å². The summed E-state index contributed by atoms with van der Waals surface area (Å²) in [6, 6.07) is 8.35. The Bertz CT molecular complexity index is 976. The summed E-state index contributed by atoms with van der Waals surface area (Å²) in [6.07, 6.45) is 2.98. The lowest BCUT2D eigenvalue weighted by Crippen LogP contribution is -2.13. The van der Waals surface area contributed by atoms with Crippen molar-refractivity contribution in [3.63, 3.8) is 0 Å². The Balaban J connectivity index is 1.87. The second-order valence-electron chi connectivity index (χ2n) is 5.35. The largest absolute Gasteiger partial charge is 0.391 e. The average Bonchev–Trinajstić information content (AvgIpc) is 3.13. The smallest absolute Gasteiger partial charge is 0.145 e. The molecule has 0 radical (unpaired) electrons. The maximum Gasteiger partial charge on any atom is 0.145 e. The monoisotopic (exact) mass is 462 g/mol. The second kappa shape index (κ2) is 9.13. The van der Waals surface area contributed by atoms with Crippen LogP contribution in [0, 0.1) is 0 Å². The predicted molar refractivity (Wildman–Crippen MR) is 109 cm³/mol. The van der Waals surface area contributed by atoms with Crippen molar-refractivity contribution in [1.29, 1.82) is 0 Å². The topological polar surface area (TPSA) is 52.3 Å². The Kier molecular flexibility index (Phi) is 6.84. The zero-order valence-electron chi connectivity index (χ0n) is 13.5. The van der Waals surface area contributed by atoms with Crippen LogP contribution in [-0.2, 0) is 18.0 Å². The van der Waals surface area contributed by atoms with Crippen molar-refractivity contribution in [2.45, 2.75) is 13.2 Å². The summed E-state index contributed by atoms with van der Waals surface area (Å²) in [5.74, 6) is 0. The van der Waals surface area contributed by atoms with E-state index < -0.39 is 0 Å². The number of benzene rings is 2. The molecule has 2 aromatic carbocycles. The highest BCUT2D eigenvalue weighted by atomic mass is 35.5. The fourth-order valence-corrected chi connectivity index (χ4v) is 3.41. The van der Waals surface area contributed by atoms with Gasteiger partial charge < -0.3 is 4.84 Å². The number of hydrogen-bond donors (Lipinski definition) is 0. The molecular weight excluding hydrogens is 453 g/mol. The molecule has 27 heavy (non-hydrogen) atoms. The number of halogens is 5. The van der Waals surface area contributed by atoms with E-state index in [0.29, 0.717) is 48.5 Å². The lowest BCUT2D eigenvalue weighted by molar-refractivity contribution is 0.130. The highest BCUT2D eigenvalue weighted by molar-refractivity contribution is 6.44. The normalized spacial score (nSPS) is 11.7. The van der Waals surface area contributed by atoms with Crippen LogP contribution in [0.4, 0.5) is 0 Å². The third kappa shape index (κ3) is 5.06. The summed E-state index contributed by atoms with van der Waals surface area (Å²) in [4.78, 5) is 9.41. The van der Waals surface area contributed by atoms with Crippen molar-refractivity contribution in [3.05, 3.63) is 79.2 Å². The SMILES string of the molecule is Clc1ccc(C(Cn2cncn2)=NOCc2c(Cl)ccc(Cl)c2Cl)c(Cl)c1. The third-order valence-electron chi connectivity index (χ3n) is 3.54. The van der Waals surface area contributed by atoms with Crippen LogP contribution >= 0.6 is 58.0 Å². The van der Waals surface area contributed by atoms with Gasteiger partial charge in [-0.3, -0.25) is 0 Å². The van der Waals surface area contributed by atoms with Crippen LogP contribution in [0.25, 0.3) is 0 Å². The van der Waals surface area contributed by atoms with Gasteiger partial charge in [0.2, 0.25) is 0 Å². The molecular formula is C17H11Cl5N4O. The van der Waals surface area contributed by atoms with E-state index in [1.165, 1.54) is 6.33 Å². The molecule has 0 amide bonds. The Morgan fingerprint density at radius 3 is 2.48 bits per heavy atom. The molecule has 0 saturated heterocycles. The first kappa shape index (κ1) is 20.2. The Labute approximate surface area is 180 Å². The molecule has 0 atom stereocenters. The first-order valence-electron chi connectivity index (χ1n) is 7.54. The summed E-state index contributed by atoms with van der Waals surface area (Å²) >= 11 is 30.6. The quantitative estimate of drug-likeness (QED) is 0.249. The average molecular weight is 465 g/mol. The molecule has 1 aromatic heterocycles. The molecule has 0 aliphatic carbocycles. The summed E-state index contributed by atoms with van der Waals surface area (Å²) in [7, 11) is 0. The molecule has 140 valence electrons. The molecule has 0 fully saturated rings. The molecule has 5 nitrogen and oxygen atoms in total. The zero-order chi connectivity index (χ0) is 19.4. The van der Waals surface area contributed by atoms with Crippen molar-refractivity contribution < 1.29 is 4.84 Å². The van der Waals surface area contributed by atoms with E-state index in [2.05, 4.69) is 15.2 Å². The van der Waals surface area contributed by atoms with Crippen LogP contribution in [0.1, 0.15) is 11.1 Å². The van der Waals surface area contributed by atoms with E-state index in [4.69, 9.17) is 62.8 Å². The molecule has 3 aromatic rings. The van der Waals surface area contributed by atoms with Crippen molar-refractivity contribution in [2.75, 3.05) is 0 Å². The molecule has 0 spiro atoms. The van der Waals surface area contributed by atoms with E-state index in [1.807, 2.05) is 0 Å². The minimum absolute atomic E-state index is 0.0320. The Morgan fingerprint density at radius 2 is 1.78 bits per heavy atom.